The van der Waals surface area contributed by atoms with Gasteiger partial charge in [0.25, 0.3) is 0 Å². The van der Waals surface area contributed by atoms with Gasteiger partial charge in [-0.1, -0.05) is 31.4 Å². The highest BCUT2D eigenvalue weighted by atomic mass is 16.7. The molecule has 0 aromatic heterocycles. The summed E-state index contributed by atoms with van der Waals surface area (Å²) in [6, 6.07) is 8.62. The summed E-state index contributed by atoms with van der Waals surface area (Å²) in [7, 11) is 0. The van der Waals surface area contributed by atoms with E-state index in [0.29, 0.717) is 32.3 Å². The number of rotatable bonds is 3. The van der Waals surface area contributed by atoms with Crippen molar-refractivity contribution in [1.29, 1.82) is 0 Å². The van der Waals surface area contributed by atoms with Crippen molar-refractivity contribution >= 4 is 5.69 Å². The summed E-state index contributed by atoms with van der Waals surface area (Å²) in [5.41, 5.74) is 2.18. The van der Waals surface area contributed by atoms with Gasteiger partial charge in [0.05, 0.1) is 31.8 Å². The van der Waals surface area contributed by atoms with E-state index in [9.17, 15) is 0 Å². The monoisotopic (exact) mass is 402 g/mol. The molecule has 160 valence electrons. The molecule has 0 unspecified atom stereocenters. The molecule has 1 aromatic rings. The van der Waals surface area contributed by atoms with E-state index < -0.39 is 0 Å². The molecule has 3 saturated heterocycles. The Morgan fingerprint density at radius 3 is 2.07 bits per heavy atom. The number of ether oxygens (including phenoxy) is 4. The van der Waals surface area contributed by atoms with E-state index in [1.54, 1.807) is 0 Å². The quantitative estimate of drug-likeness (QED) is 0.839. The third kappa shape index (κ3) is 4.47. The first kappa shape index (κ1) is 19.8. The van der Waals surface area contributed by atoms with E-state index in [1.807, 2.05) is 0 Å². The van der Waals surface area contributed by atoms with E-state index in [4.69, 9.17) is 18.9 Å². The Morgan fingerprint density at radius 1 is 0.793 bits per heavy atom. The van der Waals surface area contributed by atoms with Crippen LogP contribution in [0.1, 0.15) is 44.0 Å². The van der Waals surface area contributed by atoms with Crippen molar-refractivity contribution in [3.8, 4) is 0 Å². The largest absolute Gasteiger partial charge is 0.369 e. The molecule has 1 aliphatic carbocycles. The molecular formula is C23H34N2O4. The van der Waals surface area contributed by atoms with Gasteiger partial charge < -0.3 is 29.2 Å². The maximum absolute atomic E-state index is 6.14. The average molecular weight is 403 g/mol. The minimum Gasteiger partial charge on any atom is -0.369 e. The van der Waals surface area contributed by atoms with Crippen LogP contribution in [0.3, 0.4) is 0 Å². The second kappa shape index (κ2) is 8.90. The third-order valence-electron chi connectivity index (χ3n) is 6.87. The molecule has 1 aromatic carbocycles. The fourth-order valence-electron chi connectivity index (χ4n) is 5.01. The van der Waals surface area contributed by atoms with Crippen LogP contribution in [-0.4, -0.2) is 58.9 Å². The third-order valence-corrected chi connectivity index (χ3v) is 6.87. The molecule has 6 heteroatoms. The lowest BCUT2D eigenvalue weighted by molar-refractivity contribution is -0.314. The average Bonchev–Trinajstić information content (AvgIpc) is 2.81. The predicted molar refractivity (Wildman–Crippen MR) is 111 cm³/mol. The molecule has 4 fully saturated rings. The van der Waals surface area contributed by atoms with Crippen LogP contribution < -0.4 is 10.2 Å². The van der Waals surface area contributed by atoms with Crippen LogP contribution in [0.2, 0.25) is 0 Å². The Balaban J connectivity index is 1.13. The van der Waals surface area contributed by atoms with Gasteiger partial charge in [-0.2, -0.15) is 0 Å². The minimum atomic E-state index is -0.297. The molecule has 0 amide bonds. The summed E-state index contributed by atoms with van der Waals surface area (Å²) in [4.78, 5) is 2.41. The lowest BCUT2D eigenvalue weighted by atomic mass is 9.86. The van der Waals surface area contributed by atoms with Crippen molar-refractivity contribution in [1.82, 2.24) is 5.32 Å². The standard InChI is InChI=1S/C23H34N2O4/c1-2-4-18(5-3-1)21-26-14-23(15-27-21)16-28-22(29-17-23)19-6-8-20(9-7-19)25-12-10-24-11-13-25/h6-9,18,21-22,24H,1-5,10-17H2. The Morgan fingerprint density at radius 2 is 1.41 bits per heavy atom. The van der Waals surface area contributed by atoms with E-state index in [-0.39, 0.29) is 18.0 Å². The molecular weight excluding hydrogens is 368 g/mol. The summed E-state index contributed by atoms with van der Waals surface area (Å²) in [5.74, 6) is 0.563. The SMILES string of the molecule is c1cc(N2CCNCC2)ccc1C1OCC2(CO1)COC(C1CCCCC1)OC2. The number of anilines is 1. The van der Waals surface area contributed by atoms with Gasteiger partial charge >= 0.3 is 0 Å². The molecule has 1 N–H and O–H groups in total. The molecule has 1 spiro atoms. The van der Waals surface area contributed by atoms with Crippen molar-refractivity contribution in [3.63, 3.8) is 0 Å². The van der Waals surface area contributed by atoms with Crippen molar-refractivity contribution in [2.75, 3.05) is 57.5 Å². The number of hydrogen-bond donors (Lipinski definition) is 1. The van der Waals surface area contributed by atoms with Gasteiger partial charge in [0.1, 0.15) is 0 Å². The van der Waals surface area contributed by atoms with Crippen LogP contribution in [0.4, 0.5) is 5.69 Å². The molecule has 0 bridgehead atoms. The molecule has 4 aliphatic rings. The Bertz CT molecular complexity index is 637. The summed E-state index contributed by atoms with van der Waals surface area (Å²) in [5, 5.41) is 3.39. The highest BCUT2D eigenvalue weighted by molar-refractivity contribution is 5.48. The summed E-state index contributed by atoms with van der Waals surface area (Å²) in [6.45, 7) is 6.78. The molecule has 1 saturated carbocycles. The fourth-order valence-corrected chi connectivity index (χ4v) is 5.01. The second-order valence-electron chi connectivity index (χ2n) is 9.17. The number of nitrogens with zero attached hydrogens (tertiary/aromatic N) is 1. The first-order chi connectivity index (χ1) is 14.3. The number of hydrogen-bond acceptors (Lipinski definition) is 6. The van der Waals surface area contributed by atoms with Crippen LogP contribution in [0.5, 0.6) is 0 Å². The summed E-state index contributed by atoms with van der Waals surface area (Å²) in [6.07, 6.45) is 6.10. The van der Waals surface area contributed by atoms with Crippen molar-refractivity contribution < 1.29 is 18.9 Å². The fraction of sp³-hybridized carbons (Fsp3) is 0.739. The number of benzene rings is 1. The molecule has 3 aliphatic heterocycles. The predicted octanol–water partition coefficient (Wildman–Crippen LogP) is 3.08. The maximum Gasteiger partial charge on any atom is 0.183 e. The highest BCUT2D eigenvalue weighted by Gasteiger charge is 2.43. The lowest BCUT2D eigenvalue weighted by Crippen LogP contribution is -2.52. The van der Waals surface area contributed by atoms with Crippen molar-refractivity contribution in [3.05, 3.63) is 29.8 Å². The second-order valence-corrected chi connectivity index (χ2v) is 9.17. The zero-order valence-electron chi connectivity index (χ0n) is 17.3. The lowest BCUT2D eigenvalue weighted by Gasteiger charge is -2.45. The smallest absolute Gasteiger partial charge is 0.183 e. The maximum atomic E-state index is 6.14. The summed E-state index contributed by atoms with van der Waals surface area (Å²) >= 11 is 0. The van der Waals surface area contributed by atoms with Gasteiger partial charge in [0, 0.05) is 43.3 Å². The zero-order valence-corrected chi connectivity index (χ0v) is 17.3. The van der Waals surface area contributed by atoms with Crippen LogP contribution in [-0.2, 0) is 18.9 Å². The molecule has 0 radical (unpaired) electrons. The minimum absolute atomic E-state index is 0.0313. The van der Waals surface area contributed by atoms with E-state index >= 15 is 0 Å². The molecule has 29 heavy (non-hydrogen) atoms. The first-order valence-electron chi connectivity index (χ1n) is 11.3. The van der Waals surface area contributed by atoms with Crippen molar-refractivity contribution in [2.24, 2.45) is 11.3 Å². The number of nitrogens with one attached hydrogen (secondary N) is 1. The van der Waals surface area contributed by atoms with Gasteiger partial charge in [-0.15, -0.1) is 0 Å². The van der Waals surface area contributed by atoms with Crippen LogP contribution in [0.25, 0.3) is 0 Å². The highest BCUT2D eigenvalue weighted by Crippen LogP contribution is 2.38. The normalized spacial score (nSPS) is 34.4. The molecule has 5 rings (SSSR count). The zero-order chi connectivity index (χ0) is 19.5. The van der Waals surface area contributed by atoms with E-state index in [2.05, 4.69) is 34.5 Å². The van der Waals surface area contributed by atoms with Gasteiger partial charge in [-0.05, 0) is 25.0 Å². The molecule has 6 nitrogen and oxygen atoms in total. The van der Waals surface area contributed by atoms with Gasteiger partial charge in [0.2, 0.25) is 0 Å². The van der Waals surface area contributed by atoms with Gasteiger partial charge in [0.15, 0.2) is 12.6 Å². The molecule has 3 heterocycles. The Labute approximate surface area is 173 Å². The Hall–Kier alpha value is -1.18. The van der Waals surface area contributed by atoms with Crippen molar-refractivity contribution in [2.45, 2.75) is 44.7 Å². The molecule has 0 atom stereocenters. The van der Waals surface area contributed by atoms with Crippen LogP contribution in [0, 0.1) is 11.3 Å². The van der Waals surface area contributed by atoms with E-state index in [1.165, 1.54) is 37.8 Å². The van der Waals surface area contributed by atoms with Crippen LogP contribution in [0.15, 0.2) is 24.3 Å². The first-order valence-corrected chi connectivity index (χ1v) is 11.3. The Kier molecular flexibility index (Phi) is 6.07. The topological polar surface area (TPSA) is 52.2 Å². The van der Waals surface area contributed by atoms with Gasteiger partial charge in [-0.25, -0.2) is 0 Å². The summed E-state index contributed by atoms with van der Waals surface area (Å²) < 4.78 is 24.5. The number of piperazine rings is 1. The van der Waals surface area contributed by atoms with Gasteiger partial charge in [-0.3, -0.25) is 0 Å². The van der Waals surface area contributed by atoms with Crippen LogP contribution >= 0.6 is 0 Å². The van der Waals surface area contributed by atoms with E-state index in [0.717, 1.165) is 31.7 Å².